The van der Waals surface area contributed by atoms with Crippen LogP contribution in [-0.2, 0) is 4.79 Å². The lowest BCUT2D eigenvalue weighted by Gasteiger charge is -2.32. The molecule has 36 heavy (non-hydrogen) atoms. The van der Waals surface area contributed by atoms with Gasteiger partial charge in [0.2, 0.25) is 11.8 Å². The normalized spacial score (nSPS) is 21.3. The number of hydrogen-bond acceptors (Lipinski definition) is 8. The molecule has 0 aliphatic heterocycles. The summed E-state index contributed by atoms with van der Waals surface area (Å²) in [4.78, 5) is 34.3. The summed E-state index contributed by atoms with van der Waals surface area (Å²) in [5, 5.41) is 10.6. The van der Waals surface area contributed by atoms with Crippen LogP contribution in [0.1, 0.15) is 61.7 Å². The Balaban J connectivity index is 1.29. The summed E-state index contributed by atoms with van der Waals surface area (Å²) in [5.41, 5.74) is 14.1. The Morgan fingerprint density at radius 3 is 2.47 bits per heavy atom. The molecule has 2 amide bonds. The molecule has 6 N–H and O–H groups in total. The Bertz CT molecular complexity index is 1280. The third-order valence-electron chi connectivity index (χ3n) is 7.41. The van der Waals surface area contributed by atoms with E-state index in [1.807, 2.05) is 6.07 Å². The van der Waals surface area contributed by atoms with Gasteiger partial charge in [0.25, 0.3) is 5.91 Å². The molecule has 0 unspecified atom stereocenters. The third-order valence-corrected chi connectivity index (χ3v) is 7.41. The number of pyridine rings is 1. The highest BCUT2D eigenvalue weighted by Gasteiger charge is 2.38. The van der Waals surface area contributed by atoms with Crippen molar-refractivity contribution in [3.05, 3.63) is 36.3 Å². The van der Waals surface area contributed by atoms with Gasteiger partial charge >= 0.3 is 0 Å². The number of hydrogen-bond donors (Lipinski definition) is 4. The number of nitrogen functional groups attached to an aromatic ring is 1. The molecule has 190 valence electrons. The lowest BCUT2D eigenvalue weighted by atomic mass is 9.89. The number of aromatic nitrogens is 4. The topological polar surface area (TPSA) is 163 Å². The first kappa shape index (κ1) is 24.0. The maximum Gasteiger partial charge on any atom is 0.253 e. The van der Waals surface area contributed by atoms with Crippen LogP contribution in [0.15, 0.2) is 30.7 Å². The first-order chi connectivity index (χ1) is 17.4. The molecule has 3 aromatic heterocycles. The Labute approximate surface area is 209 Å². The van der Waals surface area contributed by atoms with Crippen molar-refractivity contribution in [3.63, 3.8) is 0 Å². The molecule has 11 nitrogen and oxygen atoms in total. The molecule has 0 spiro atoms. The van der Waals surface area contributed by atoms with Crippen LogP contribution in [0.25, 0.3) is 16.8 Å². The summed E-state index contributed by atoms with van der Waals surface area (Å²) in [6.07, 6.45) is 9.60. The van der Waals surface area contributed by atoms with Gasteiger partial charge in [0.05, 0.1) is 23.9 Å². The maximum absolute atomic E-state index is 13.4. The molecule has 0 aromatic carbocycles. The van der Waals surface area contributed by atoms with Crippen LogP contribution in [0.3, 0.4) is 0 Å². The van der Waals surface area contributed by atoms with E-state index in [2.05, 4.69) is 25.7 Å². The average molecular weight is 493 g/mol. The van der Waals surface area contributed by atoms with Crippen LogP contribution in [0.2, 0.25) is 0 Å². The van der Waals surface area contributed by atoms with Crippen molar-refractivity contribution in [2.45, 2.75) is 69.0 Å². The molecular formula is C25H32N8O3. The van der Waals surface area contributed by atoms with Crippen molar-refractivity contribution in [2.75, 3.05) is 12.8 Å². The number of nitrogens with one attached hydrogen (secondary N) is 2. The quantitative estimate of drug-likeness (QED) is 0.405. The van der Waals surface area contributed by atoms with Crippen molar-refractivity contribution in [3.8, 4) is 17.1 Å². The predicted molar refractivity (Wildman–Crippen MR) is 134 cm³/mol. The Kier molecular flexibility index (Phi) is 6.48. The van der Waals surface area contributed by atoms with Crippen molar-refractivity contribution in [2.24, 2.45) is 5.73 Å². The third kappa shape index (κ3) is 4.58. The number of methoxy groups -OCH3 is 1. The molecule has 3 aromatic rings. The lowest BCUT2D eigenvalue weighted by molar-refractivity contribution is -0.127. The minimum absolute atomic E-state index is 0.00533. The van der Waals surface area contributed by atoms with Gasteiger partial charge in [-0.05, 0) is 50.7 Å². The van der Waals surface area contributed by atoms with Crippen LogP contribution < -0.4 is 26.8 Å². The van der Waals surface area contributed by atoms with Gasteiger partial charge in [0.15, 0.2) is 5.82 Å². The van der Waals surface area contributed by atoms with Gasteiger partial charge < -0.3 is 26.8 Å². The lowest BCUT2D eigenvalue weighted by Crippen LogP contribution is -2.55. The van der Waals surface area contributed by atoms with E-state index in [-0.39, 0.29) is 29.7 Å². The molecule has 0 saturated heterocycles. The number of carbonyl (C=O) groups is 2. The fraction of sp³-hybridized carbons (Fsp3) is 0.480. The number of ether oxygens (including phenoxy) is 1. The van der Waals surface area contributed by atoms with Gasteiger partial charge in [-0.25, -0.2) is 14.5 Å². The molecule has 2 saturated carbocycles. The Morgan fingerprint density at radius 2 is 1.78 bits per heavy atom. The number of nitrogens with zero attached hydrogens (tertiary/aromatic N) is 4. The number of carbonyl (C=O) groups excluding carboxylic acids is 2. The summed E-state index contributed by atoms with van der Waals surface area (Å²) in [5.74, 6) is 0.397. The van der Waals surface area contributed by atoms with Crippen molar-refractivity contribution >= 4 is 23.1 Å². The molecule has 0 radical (unpaired) electrons. The number of nitrogens with two attached hydrogens (primary N) is 2. The zero-order valence-electron chi connectivity index (χ0n) is 20.4. The van der Waals surface area contributed by atoms with Crippen LogP contribution >= 0.6 is 0 Å². The van der Waals surface area contributed by atoms with Gasteiger partial charge in [0, 0.05) is 29.9 Å². The van der Waals surface area contributed by atoms with E-state index < -0.39 is 5.54 Å². The van der Waals surface area contributed by atoms with Crippen molar-refractivity contribution in [1.82, 2.24) is 30.2 Å². The van der Waals surface area contributed by atoms with E-state index in [9.17, 15) is 9.59 Å². The largest absolute Gasteiger partial charge is 0.481 e. The summed E-state index contributed by atoms with van der Waals surface area (Å²) in [6.45, 7) is 0. The van der Waals surface area contributed by atoms with E-state index in [0.29, 0.717) is 22.7 Å². The molecule has 0 bridgehead atoms. The summed E-state index contributed by atoms with van der Waals surface area (Å²) in [6, 6.07) is 5.43. The summed E-state index contributed by atoms with van der Waals surface area (Å²) >= 11 is 0. The number of fused-ring (bicyclic) bond motifs is 1. The van der Waals surface area contributed by atoms with E-state index in [4.69, 9.17) is 16.2 Å². The second-order valence-electron chi connectivity index (χ2n) is 9.79. The van der Waals surface area contributed by atoms with Gasteiger partial charge in [0.1, 0.15) is 11.8 Å². The van der Waals surface area contributed by atoms with Crippen LogP contribution in [0, 0.1) is 0 Å². The number of anilines is 1. The molecular weight excluding hydrogens is 460 g/mol. The summed E-state index contributed by atoms with van der Waals surface area (Å²) < 4.78 is 6.86. The SMILES string of the molecule is COc1cc(-c2cc(C(=O)N[C@H]3CC[C@H](NC(=O)C4(N)CCCC4)CC3)c3c(N)ncnn23)ccn1. The van der Waals surface area contributed by atoms with Crippen molar-refractivity contribution in [1.29, 1.82) is 0 Å². The smallest absolute Gasteiger partial charge is 0.253 e. The van der Waals surface area contributed by atoms with Gasteiger partial charge in [-0.3, -0.25) is 9.59 Å². The van der Waals surface area contributed by atoms with Gasteiger partial charge in [-0.2, -0.15) is 5.10 Å². The van der Waals surface area contributed by atoms with Crippen LogP contribution in [0.5, 0.6) is 5.88 Å². The number of rotatable bonds is 6. The highest BCUT2D eigenvalue weighted by molar-refractivity contribution is 6.05. The average Bonchev–Trinajstić information content (AvgIpc) is 3.51. The Morgan fingerprint density at radius 1 is 1.08 bits per heavy atom. The second-order valence-corrected chi connectivity index (χ2v) is 9.79. The molecule has 11 heteroatoms. The van der Waals surface area contributed by atoms with E-state index in [1.165, 1.54) is 6.33 Å². The van der Waals surface area contributed by atoms with E-state index in [1.54, 1.807) is 30.0 Å². The molecule has 0 atom stereocenters. The van der Waals surface area contributed by atoms with Crippen LogP contribution in [0.4, 0.5) is 5.82 Å². The van der Waals surface area contributed by atoms with Gasteiger partial charge in [-0.15, -0.1) is 0 Å². The van der Waals surface area contributed by atoms with Gasteiger partial charge in [-0.1, -0.05) is 12.8 Å². The zero-order chi connectivity index (χ0) is 25.3. The maximum atomic E-state index is 13.4. The highest BCUT2D eigenvalue weighted by Crippen LogP contribution is 2.30. The first-order valence-corrected chi connectivity index (χ1v) is 12.4. The van der Waals surface area contributed by atoms with E-state index in [0.717, 1.165) is 56.9 Å². The van der Waals surface area contributed by atoms with Crippen molar-refractivity contribution < 1.29 is 14.3 Å². The Hall–Kier alpha value is -3.73. The number of amides is 2. The molecule has 2 aliphatic carbocycles. The second kappa shape index (κ2) is 9.73. The highest BCUT2D eigenvalue weighted by atomic mass is 16.5. The first-order valence-electron chi connectivity index (χ1n) is 12.4. The molecule has 2 fully saturated rings. The minimum Gasteiger partial charge on any atom is -0.481 e. The molecule has 2 aliphatic rings. The van der Waals surface area contributed by atoms with Crippen LogP contribution in [-0.4, -0.2) is 56.1 Å². The standard InChI is InChI=1S/C25H32N8O3/c1-36-20-12-15(8-11-28-20)19-13-18(21-22(26)29-14-30-33(19)21)23(34)31-16-4-6-17(7-5-16)32-24(35)25(27)9-2-3-10-25/h8,11-14,16-17H,2-7,9-10,27H2,1H3,(H,31,34)(H,32,35)(H2,26,29,30)/t16-,17-. The van der Waals surface area contributed by atoms with E-state index >= 15 is 0 Å². The summed E-state index contributed by atoms with van der Waals surface area (Å²) in [7, 11) is 1.55. The monoisotopic (exact) mass is 492 g/mol. The fourth-order valence-corrected chi connectivity index (χ4v) is 5.33. The predicted octanol–water partition coefficient (Wildman–Crippen LogP) is 1.81. The minimum atomic E-state index is -0.722. The zero-order valence-corrected chi connectivity index (χ0v) is 20.4. The molecule has 3 heterocycles. The molecule has 5 rings (SSSR count). The fourth-order valence-electron chi connectivity index (χ4n) is 5.33.